The number of ketones is 1. The molecule has 0 saturated carbocycles. The molecule has 0 aromatic carbocycles. The minimum atomic E-state index is -2.18. The van der Waals surface area contributed by atoms with E-state index in [1.54, 1.807) is 0 Å². The Morgan fingerprint density at radius 1 is 0.917 bits per heavy atom. The van der Waals surface area contributed by atoms with Crippen LogP contribution in [0, 0.1) is 0 Å². The van der Waals surface area contributed by atoms with Crippen LogP contribution < -0.4 is 62.2 Å². The van der Waals surface area contributed by atoms with Crippen LogP contribution in [0.5, 0.6) is 0 Å². The number of nitrogens with two attached hydrogens (primary N) is 1. The number of carboxylic acid groups (broad SMARTS) is 2. The van der Waals surface area contributed by atoms with Crippen molar-refractivity contribution in [3.8, 4) is 0 Å². The summed E-state index contributed by atoms with van der Waals surface area (Å²) in [5, 5.41) is 19.7. The van der Waals surface area contributed by atoms with Crippen molar-refractivity contribution in [2.24, 2.45) is 5.73 Å². The molecule has 1 atom stereocenters. The van der Waals surface area contributed by atoms with Crippen molar-refractivity contribution in [1.29, 1.82) is 0 Å². The maximum Gasteiger partial charge on any atom is 1.00 e. The van der Waals surface area contributed by atoms with E-state index in [0.717, 1.165) is 19.3 Å². The smallest absolute Gasteiger partial charge is 0.548 e. The van der Waals surface area contributed by atoms with Gasteiger partial charge >= 0.3 is 57.4 Å². The SMILES string of the molecule is CCCCCCCCCCCC(=O)[C@](N)(CCC(=O)O)C(=O)[O-].[K+]. The Kier molecular flexibility index (Phi) is 17.0. The van der Waals surface area contributed by atoms with E-state index in [0.29, 0.717) is 6.42 Å². The van der Waals surface area contributed by atoms with Crippen LogP contribution in [0.3, 0.4) is 0 Å². The van der Waals surface area contributed by atoms with Gasteiger partial charge in [0.05, 0.1) is 5.97 Å². The number of aliphatic carboxylic acids is 2. The van der Waals surface area contributed by atoms with Crippen molar-refractivity contribution in [3.63, 3.8) is 0 Å². The van der Waals surface area contributed by atoms with Gasteiger partial charge < -0.3 is 20.7 Å². The Balaban J connectivity index is 0. The third-order valence-electron chi connectivity index (χ3n) is 4.10. The zero-order valence-corrected chi connectivity index (χ0v) is 18.3. The molecule has 0 aliphatic carbocycles. The molecule has 24 heavy (non-hydrogen) atoms. The van der Waals surface area contributed by atoms with Gasteiger partial charge in [0.25, 0.3) is 0 Å². The van der Waals surface area contributed by atoms with Gasteiger partial charge in [-0.15, -0.1) is 0 Å². The molecule has 3 N–H and O–H groups in total. The minimum absolute atomic E-state index is 0. The number of carboxylic acids is 2. The van der Waals surface area contributed by atoms with Crippen molar-refractivity contribution in [2.75, 3.05) is 0 Å². The summed E-state index contributed by atoms with van der Waals surface area (Å²) < 4.78 is 0. The van der Waals surface area contributed by atoms with Crippen LogP contribution in [0.1, 0.15) is 84.0 Å². The number of hydrogen-bond acceptors (Lipinski definition) is 5. The summed E-state index contributed by atoms with van der Waals surface area (Å²) in [7, 11) is 0. The molecule has 0 rings (SSSR count). The predicted molar refractivity (Wildman–Crippen MR) is 85.6 cm³/mol. The molecule has 134 valence electrons. The molecule has 0 aliphatic heterocycles. The van der Waals surface area contributed by atoms with E-state index in [2.05, 4.69) is 6.92 Å². The zero-order valence-electron chi connectivity index (χ0n) is 15.1. The van der Waals surface area contributed by atoms with Crippen molar-refractivity contribution in [2.45, 2.75) is 89.5 Å². The molecule has 0 aliphatic rings. The Hall–Kier alpha value is 0.206. The second-order valence-corrected chi connectivity index (χ2v) is 6.15. The minimum Gasteiger partial charge on any atom is -0.548 e. The fourth-order valence-electron chi connectivity index (χ4n) is 2.48. The Morgan fingerprint density at radius 3 is 1.79 bits per heavy atom. The van der Waals surface area contributed by atoms with Gasteiger partial charge in [0.2, 0.25) is 0 Å². The quantitative estimate of drug-likeness (QED) is 0.213. The molecule has 0 aromatic heterocycles. The first-order chi connectivity index (χ1) is 10.8. The van der Waals surface area contributed by atoms with Crippen LogP contribution in [-0.4, -0.2) is 28.4 Å². The Morgan fingerprint density at radius 2 is 1.38 bits per heavy atom. The first-order valence-corrected chi connectivity index (χ1v) is 8.60. The molecule has 0 unspecified atom stereocenters. The molecule has 0 amide bonds. The van der Waals surface area contributed by atoms with Crippen molar-refractivity contribution in [1.82, 2.24) is 0 Å². The summed E-state index contributed by atoms with van der Waals surface area (Å²) in [6.07, 6.45) is 8.90. The molecule has 0 saturated heterocycles. The molecule has 0 fully saturated rings. The molecule has 0 radical (unpaired) electrons. The standard InChI is InChI=1S/C17H31NO5.K/c1-2-3-4-5-6-7-8-9-10-11-14(19)17(18,16(22)23)13-12-15(20)21;/h2-13,18H2,1H3,(H,20,21)(H,22,23);/q;+1/p-1/t17-;/m1./s1. The van der Waals surface area contributed by atoms with Gasteiger partial charge in [-0.1, -0.05) is 58.3 Å². The fourth-order valence-corrected chi connectivity index (χ4v) is 2.48. The molecular weight excluding hydrogens is 337 g/mol. The van der Waals surface area contributed by atoms with Gasteiger partial charge in [-0.2, -0.15) is 0 Å². The van der Waals surface area contributed by atoms with Gasteiger partial charge in [-0.3, -0.25) is 9.59 Å². The number of Topliss-reactive ketones (excluding diaryl/α,β-unsaturated/α-hetero) is 1. The van der Waals surface area contributed by atoms with Gasteiger partial charge in [-0.25, -0.2) is 0 Å². The average Bonchev–Trinajstić information content (AvgIpc) is 2.50. The van der Waals surface area contributed by atoms with E-state index >= 15 is 0 Å². The van der Waals surface area contributed by atoms with Crippen LogP contribution >= 0.6 is 0 Å². The third kappa shape index (κ3) is 11.7. The van der Waals surface area contributed by atoms with Crippen LogP contribution in [0.15, 0.2) is 0 Å². The summed E-state index contributed by atoms with van der Waals surface area (Å²) in [5.74, 6) is -3.52. The second-order valence-electron chi connectivity index (χ2n) is 6.15. The first kappa shape index (κ1) is 26.4. The fraction of sp³-hybridized carbons (Fsp3) is 0.824. The molecule has 0 bridgehead atoms. The van der Waals surface area contributed by atoms with Crippen LogP contribution in [0.2, 0.25) is 0 Å². The molecule has 0 heterocycles. The largest absolute Gasteiger partial charge is 1.00 e. The van der Waals surface area contributed by atoms with Crippen LogP contribution in [0.25, 0.3) is 0 Å². The van der Waals surface area contributed by atoms with E-state index < -0.39 is 36.1 Å². The van der Waals surface area contributed by atoms with Crippen LogP contribution in [-0.2, 0) is 14.4 Å². The summed E-state index contributed by atoms with van der Waals surface area (Å²) >= 11 is 0. The van der Waals surface area contributed by atoms with Gasteiger partial charge in [-0.05, 0) is 12.8 Å². The first-order valence-electron chi connectivity index (χ1n) is 8.60. The van der Waals surface area contributed by atoms with Crippen molar-refractivity contribution in [3.05, 3.63) is 0 Å². The molecule has 7 heteroatoms. The Labute approximate surface area is 187 Å². The van der Waals surface area contributed by atoms with Crippen molar-refractivity contribution < 1.29 is 76.0 Å². The predicted octanol–water partition coefficient (Wildman–Crippen LogP) is -1.21. The van der Waals surface area contributed by atoms with E-state index in [9.17, 15) is 19.5 Å². The second kappa shape index (κ2) is 15.5. The maximum absolute atomic E-state index is 12.0. The molecule has 0 spiro atoms. The number of hydrogen-bond donors (Lipinski definition) is 2. The third-order valence-corrected chi connectivity index (χ3v) is 4.10. The summed E-state index contributed by atoms with van der Waals surface area (Å²) in [6.45, 7) is 2.18. The monoisotopic (exact) mass is 367 g/mol. The van der Waals surface area contributed by atoms with Gasteiger partial charge in [0.1, 0.15) is 5.54 Å². The summed E-state index contributed by atoms with van der Waals surface area (Å²) in [5.41, 5.74) is 3.38. The van der Waals surface area contributed by atoms with Crippen molar-refractivity contribution >= 4 is 17.7 Å². The number of unbranched alkanes of at least 4 members (excludes halogenated alkanes) is 8. The number of carbonyl (C=O) groups excluding carboxylic acids is 2. The van der Waals surface area contributed by atoms with E-state index in [1.165, 1.54) is 32.1 Å². The Bertz CT molecular complexity index is 389. The number of rotatable bonds is 15. The maximum atomic E-state index is 12.0. The average molecular weight is 368 g/mol. The molecule has 6 nitrogen and oxygen atoms in total. The topological polar surface area (TPSA) is 121 Å². The van der Waals surface area contributed by atoms with E-state index in [-0.39, 0.29) is 57.8 Å². The number of carbonyl (C=O) groups is 3. The normalized spacial score (nSPS) is 12.9. The summed E-state index contributed by atoms with van der Waals surface area (Å²) in [6, 6.07) is 0. The molecule has 0 aromatic rings. The summed E-state index contributed by atoms with van der Waals surface area (Å²) in [4.78, 5) is 33.6. The van der Waals surface area contributed by atoms with Crippen LogP contribution in [0.4, 0.5) is 0 Å². The van der Waals surface area contributed by atoms with E-state index in [4.69, 9.17) is 10.8 Å². The zero-order chi connectivity index (χ0) is 17.7. The molecular formula is C17H30KNO5. The van der Waals surface area contributed by atoms with Gasteiger partial charge in [0.15, 0.2) is 5.78 Å². The van der Waals surface area contributed by atoms with Gasteiger partial charge in [0, 0.05) is 12.8 Å². The van der Waals surface area contributed by atoms with E-state index in [1.807, 2.05) is 0 Å².